The Morgan fingerprint density at radius 2 is 1.82 bits per heavy atom. The zero-order valence-electron chi connectivity index (χ0n) is 18.9. The summed E-state index contributed by atoms with van der Waals surface area (Å²) in [6, 6.07) is 9.63. The lowest BCUT2D eigenvalue weighted by Gasteiger charge is -2.27. The summed E-state index contributed by atoms with van der Waals surface area (Å²) >= 11 is 0. The highest BCUT2D eigenvalue weighted by atomic mass is 16.5. The molecule has 2 heterocycles. The number of carbonyl (C=O) groups excluding carboxylic acids is 3. The number of ether oxygens (including phenoxy) is 3. The van der Waals surface area contributed by atoms with E-state index in [1.54, 1.807) is 26.0 Å². The van der Waals surface area contributed by atoms with Gasteiger partial charge in [0.2, 0.25) is 0 Å². The summed E-state index contributed by atoms with van der Waals surface area (Å²) in [5.41, 5.74) is 1.42. The second-order valence-electron chi connectivity index (χ2n) is 7.52. The van der Waals surface area contributed by atoms with Gasteiger partial charge in [0, 0.05) is 6.42 Å². The summed E-state index contributed by atoms with van der Waals surface area (Å²) in [5.74, 6) is 0.622. The fraction of sp³-hybridized carbons (Fsp3) is 0.375. The van der Waals surface area contributed by atoms with Crippen LogP contribution in [0.25, 0.3) is 0 Å². The number of carbonyl (C=O) groups is 3. The highest BCUT2D eigenvalue weighted by molar-refractivity contribution is 5.95. The average Bonchev–Trinajstić information content (AvgIpc) is 3.22. The first-order chi connectivity index (χ1) is 15.9. The standard InChI is InChI=1S/C24H28N2O7/c1-4-30-23(28)21-18(25-24(29)26-22(21)19-12-9-16(3)33-19)14-32-20(27)6-5-13-31-17-10-7-15(2)8-11-17/h7-12,22H,4-6,13-14H2,1-3H3,(H2,25,26,29). The lowest BCUT2D eigenvalue weighted by molar-refractivity contribution is -0.144. The van der Waals surface area contributed by atoms with Crippen LogP contribution in [-0.2, 0) is 19.1 Å². The monoisotopic (exact) mass is 456 g/mol. The van der Waals surface area contributed by atoms with E-state index in [1.165, 1.54) is 0 Å². The summed E-state index contributed by atoms with van der Waals surface area (Å²) in [4.78, 5) is 37.1. The average molecular weight is 456 g/mol. The van der Waals surface area contributed by atoms with Crippen LogP contribution in [0, 0.1) is 13.8 Å². The zero-order valence-corrected chi connectivity index (χ0v) is 18.9. The van der Waals surface area contributed by atoms with Crippen LogP contribution in [-0.4, -0.2) is 37.8 Å². The Hall–Kier alpha value is -3.75. The molecule has 0 spiro atoms. The molecule has 33 heavy (non-hydrogen) atoms. The number of amides is 2. The van der Waals surface area contributed by atoms with Crippen LogP contribution in [0.3, 0.4) is 0 Å². The summed E-state index contributed by atoms with van der Waals surface area (Å²) < 4.78 is 21.7. The van der Waals surface area contributed by atoms with E-state index in [2.05, 4.69) is 10.6 Å². The largest absolute Gasteiger partial charge is 0.494 e. The molecule has 1 atom stereocenters. The second kappa shape index (κ2) is 11.2. The van der Waals surface area contributed by atoms with Crippen molar-refractivity contribution < 1.29 is 33.0 Å². The molecule has 1 aliphatic rings. The predicted molar refractivity (Wildman–Crippen MR) is 118 cm³/mol. The second-order valence-corrected chi connectivity index (χ2v) is 7.52. The molecule has 1 aromatic heterocycles. The lowest BCUT2D eigenvalue weighted by Crippen LogP contribution is -2.47. The van der Waals surface area contributed by atoms with Crippen molar-refractivity contribution >= 4 is 18.0 Å². The first kappa shape index (κ1) is 23.9. The number of esters is 2. The summed E-state index contributed by atoms with van der Waals surface area (Å²) in [6.45, 7) is 5.65. The van der Waals surface area contributed by atoms with Crippen LogP contribution in [0.4, 0.5) is 4.79 Å². The van der Waals surface area contributed by atoms with Crippen LogP contribution in [0.15, 0.2) is 52.1 Å². The number of urea groups is 1. The molecule has 0 saturated carbocycles. The SMILES string of the molecule is CCOC(=O)C1=C(COC(=O)CCCOc2ccc(C)cc2)NC(=O)NC1c1ccc(C)o1. The van der Waals surface area contributed by atoms with Gasteiger partial charge in [-0.1, -0.05) is 17.7 Å². The van der Waals surface area contributed by atoms with Crippen LogP contribution >= 0.6 is 0 Å². The van der Waals surface area contributed by atoms with Crippen LogP contribution in [0.1, 0.15) is 42.9 Å². The van der Waals surface area contributed by atoms with Crippen LogP contribution in [0.2, 0.25) is 0 Å². The molecule has 2 N–H and O–H groups in total. The predicted octanol–water partition coefficient (Wildman–Crippen LogP) is 3.47. The third kappa shape index (κ3) is 6.61. The summed E-state index contributed by atoms with van der Waals surface area (Å²) in [6.07, 6.45) is 0.583. The molecule has 176 valence electrons. The normalized spacial score (nSPS) is 15.5. The molecule has 1 aliphatic heterocycles. The van der Waals surface area contributed by atoms with Crippen molar-refractivity contribution in [1.29, 1.82) is 0 Å². The Balaban J connectivity index is 1.61. The number of rotatable bonds is 10. The number of hydrogen-bond donors (Lipinski definition) is 2. The minimum absolute atomic E-state index is 0.126. The van der Waals surface area contributed by atoms with Crippen molar-refractivity contribution in [3.8, 4) is 5.75 Å². The third-order valence-electron chi connectivity index (χ3n) is 4.89. The van der Waals surface area contributed by atoms with Crippen LogP contribution in [0.5, 0.6) is 5.75 Å². The van der Waals surface area contributed by atoms with Crippen molar-refractivity contribution in [2.24, 2.45) is 0 Å². The van der Waals surface area contributed by atoms with Crippen molar-refractivity contribution in [3.63, 3.8) is 0 Å². The molecule has 0 radical (unpaired) electrons. The van der Waals surface area contributed by atoms with Gasteiger partial charge in [0.15, 0.2) is 0 Å². The van der Waals surface area contributed by atoms with E-state index in [0.29, 0.717) is 24.5 Å². The van der Waals surface area contributed by atoms with Gasteiger partial charge in [-0.05, 0) is 51.5 Å². The van der Waals surface area contributed by atoms with Gasteiger partial charge in [0.25, 0.3) is 0 Å². The molecule has 9 heteroatoms. The smallest absolute Gasteiger partial charge is 0.338 e. The first-order valence-corrected chi connectivity index (χ1v) is 10.8. The van der Waals surface area contributed by atoms with Crippen molar-refractivity contribution in [2.75, 3.05) is 19.8 Å². The van der Waals surface area contributed by atoms with E-state index in [4.69, 9.17) is 18.6 Å². The van der Waals surface area contributed by atoms with Crippen molar-refractivity contribution in [3.05, 3.63) is 64.8 Å². The molecule has 0 aliphatic carbocycles. The number of furan rings is 1. The molecular formula is C24H28N2O7. The van der Waals surface area contributed by atoms with E-state index in [0.717, 1.165) is 11.3 Å². The minimum Gasteiger partial charge on any atom is -0.494 e. The number of hydrogen-bond acceptors (Lipinski definition) is 7. The molecule has 0 bridgehead atoms. The Morgan fingerprint density at radius 1 is 1.06 bits per heavy atom. The van der Waals surface area contributed by atoms with Gasteiger partial charge in [-0.2, -0.15) is 0 Å². The van der Waals surface area contributed by atoms with Gasteiger partial charge in [-0.3, -0.25) is 4.79 Å². The topological polar surface area (TPSA) is 116 Å². The number of nitrogens with one attached hydrogen (secondary N) is 2. The number of benzene rings is 1. The molecule has 3 rings (SSSR count). The molecule has 1 unspecified atom stereocenters. The van der Waals surface area contributed by atoms with Gasteiger partial charge in [0.1, 0.15) is 29.9 Å². The maximum atomic E-state index is 12.6. The molecule has 0 fully saturated rings. The van der Waals surface area contributed by atoms with Crippen molar-refractivity contribution in [1.82, 2.24) is 10.6 Å². The lowest BCUT2D eigenvalue weighted by atomic mass is 10.0. The fourth-order valence-electron chi connectivity index (χ4n) is 3.27. The highest BCUT2D eigenvalue weighted by Gasteiger charge is 2.36. The Morgan fingerprint density at radius 3 is 2.48 bits per heavy atom. The molecule has 1 aromatic carbocycles. The Bertz CT molecular complexity index is 1020. The van der Waals surface area contributed by atoms with Gasteiger partial charge in [-0.25, -0.2) is 9.59 Å². The molecule has 9 nitrogen and oxygen atoms in total. The minimum atomic E-state index is -0.858. The summed E-state index contributed by atoms with van der Waals surface area (Å²) in [5, 5.41) is 5.20. The maximum Gasteiger partial charge on any atom is 0.338 e. The van der Waals surface area contributed by atoms with E-state index < -0.39 is 24.0 Å². The quantitative estimate of drug-likeness (QED) is 0.415. The third-order valence-corrected chi connectivity index (χ3v) is 4.89. The zero-order chi connectivity index (χ0) is 23.8. The van der Waals surface area contributed by atoms with Gasteiger partial charge in [0.05, 0.1) is 24.5 Å². The van der Waals surface area contributed by atoms with Gasteiger partial charge < -0.3 is 29.3 Å². The molecule has 0 saturated heterocycles. The van der Waals surface area contributed by atoms with E-state index in [1.807, 2.05) is 31.2 Å². The van der Waals surface area contributed by atoms with E-state index in [-0.39, 0.29) is 30.9 Å². The highest BCUT2D eigenvalue weighted by Crippen LogP contribution is 2.29. The Kier molecular flexibility index (Phi) is 8.12. The fourth-order valence-corrected chi connectivity index (χ4v) is 3.27. The first-order valence-electron chi connectivity index (χ1n) is 10.8. The molecule has 2 amide bonds. The molecule has 2 aromatic rings. The van der Waals surface area contributed by atoms with Crippen molar-refractivity contribution in [2.45, 2.75) is 39.7 Å². The van der Waals surface area contributed by atoms with E-state index in [9.17, 15) is 14.4 Å². The Labute approximate surface area is 192 Å². The molecular weight excluding hydrogens is 428 g/mol. The maximum absolute atomic E-state index is 12.6. The van der Waals surface area contributed by atoms with E-state index >= 15 is 0 Å². The number of aryl methyl sites for hydroxylation is 2. The summed E-state index contributed by atoms with van der Waals surface area (Å²) in [7, 11) is 0. The van der Waals surface area contributed by atoms with Gasteiger partial charge in [-0.15, -0.1) is 0 Å². The van der Waals surface area contributed by atoms with Gasteiger partial charge >= 0.3 is 18.0 Å². The van der Waals surface area contributed by atoms with Crippen LogP contribution < -0.4 is 15.4 Å².